The number of nitrogens with zero attached hydrogens (tertiary/aromatic N) is 2. The fourth-order valence-corrected chi connectivity index (χ4v) is 2.45. The van der Waals surface area contributed by atoms with Crippen LogP contribution in [0, 0.1) is 20.9 Å². The number of nitrogens with one attached hydrogen (secondary N) is 2. The van der Waals surface area contributed by atoms with Crippen LogP contribution in [0.15, 0.2) is 53.1 Å². The first kappa shape index (κ1) is 22.6. The van der Waals surface area contributed by atoms with Crippen molar-refractivity contribution in [3.05, 3.63) is 69.8 Å². The largest absolute Gasteiger partial charge is 0.384 e. The van der Waals surface area contributed by atoms with Gasteiger partial charge in [-0.05, 0) is 18.2 Å². The highest BCUT2D eigenvalue weighted by Crippen LogP contribution is 2.33. The number of amidine groups is 2. The zero-order valence-electron chi connectivity index (χ0n) is 14.2. The van der Waals surface area contributed by atoms with Crippen molar-refractivity contribution in [3.63, 3.8) is 0 Å². The molecule has 3 aromatic rings. The van der Waals surface area contributed by atoms with Crippen molar-refractivity contribution >= 4 is 42.2 Å². The van der Waals surface area contributed by atoms with E-state index in [1.165, 1.54) is 18.2 Å². The van der Waals surface area contributed by atoms with Gasteiger partial charge in [0.1, 0.15) is 17.4 Å². The maximum absolute atomic E-state index is 11.3. The molecular formula is C17H16Cl2N6O3. The Balaban J connectivity index is 0.00000196. The molecule has 11 heteroatoms. The van der Waals surface area contributed by atoms with Gasteiger partial charge in [0.05, 0.1) is 10.5 Å². The van der Waals surface area contributed by atoms with Crippen LogP contribution in [-0.2, 0) is 0 Å². The molecule has 28 heavy (non-hydrogen) atoms. The van der Waals surface area contributed by atoms with Gasteiger partial charge in [-0.2, -0.15) is 0 Å². The second-order valence-corrected chi connectivity index (χ2v) is 5.47. The third-order valence-electron chi connectivity index (χ3n) is 3.75. The van der Waals surface area contributed by atoms with Crippen LogP contribution >= 0.6 is 24.8 Å². The first-order chi connectivity index (χ1) is 12.4. The summed E-state index contributed by atoms with van der Waals surface area (Å²) in [6.45, 7) is 0. The molecule has 0 aliphatic rings. The number of benzene rings is 2. The number of halogens is 2. The molecule has 0 unspecified atom stereocenters. The summed E-state index contributed by atoms with van der Waals surface area (Å²) in [5, 5.41) is 30.2. The lowest BCUT2D eigenvalue weighted by Crippen LogP contribution is -2.11. The molecule has 1 aromatic heterocycles. The molecule has 0 radical (unpaired) electrons. The van der Waals surface area contributed by atoms with Crippen molar-refractivity contribution in [1.82, 2.24) is 5.16 Å². The van der Waals surface area contributed by atoms with Crippen LogP contribution in [0.3, 0.4) is 0 Å². The third kappa shape index (κ3) is 4.45. The maximum Gasteiger partial charge on any atom is 0.278 e. The minimum absolute atomic E-state index is 0. The number of nitro benzene ring substituents is 1. The summed E-state index contributed by atoms with van der Waals surface area (Å²) in [4.78, 5) is 10.8. The molecule has 0 fully saturated rings. The Morgan fingerprint density at radius 2 is 1.64 bits per heavy atom. The monoisotopic (exact) mass is 422 g/mol. The summed E-state index contributed by atoms with van der Waals surface area (Å²) in [6, 6.07) is 12.5. The Kier molecular flexibility index (Phi) is 7.25. The van der Waals surface area contributed by atoms with E-state index < -0.39 is 4.92 Å². The lowest BCUT2D eigenvalue weighted by molar-refractivity contribution is -0.384. The van der Waals surface area contributed by atoms with Gasteiger partial charge in [0.25, 0.3) is 5.69 Å². The summed E-state index contributed by atoms with van der Waals surface area (Å²) in [6.07, 6.45) is 0. The Labute approximate surface area is 171 Å². The highest BCUT2D eigenvalue weighted by molar-refractivity contribution is 5.97. The summed E-state index contributed by atoms with van der Waals surface area (Å²) in [5.41, 5.74) is 12.7. The average molecular weight is 423 g/mol. The lowest BCUT2D eigenvalue weighted by Gasteiger charge is -2.02. The molecule has 1 heterocycles. The van der Waals surface area contributed by atoms with Crippen LogP contribution in [0.25, 0.3) is 22.6 Å². The number of hydrogen-bond donors (Lipinski definition) is 4. The van der Waals surface area contributed by atoms with E-state index in [4.69, 9.17) is 26.8 Å². The Morgan fingerprint density at radius 1 is 1.00 bits per heavy atom. The minimum atomic E-state index is -0.538. The molecule has 0 bridgehead atoms. The number of rotatable bonds is 5. The van der Waals surface area contributed by atoms with E-state index in [-0.39, 0.29) is 53.4 Å². The second kappa shape index (κ2) is 8.98. The summed E-state index contributed by atoms with van der Waals surface area (Å²) in [5.74, 6) is 0.0704. The highest BCUT2D eigenvalue weighted by Gasteiger charge is 2.20. The number of nitro groups is 1. The van der Waals surface area contributed by atoms with Gasteiger partial charge in [0.2, 0.25) is 0 Å². The van der Waals surface area contributed by atoms with E-state index in [9.17, 15) is 10.1 Å². The van der Waals surface area contributed by atoms with Gasteiger partial charge in [-0.25, -0.2) is 0 Å². The van der Waals surface area contributed by atoms with E-state index >= 15 is 0 Å². The smallest absolute Gasteiger partial charge is 0.278 e. The number of hydrogen-bond acceptors (Lipinski definition) is 6. The van der Waals surface area contributed by atoms with Crippen molar-refractivity contribution in [1.29, 1.82) is 10.8 Å². The van der Waals surface area contributed by atoms with E-state index in [2.05, 4.69) is 5.16 Å². The molecule has 0 amide bonds. The summed E-state index contributed by atoms with van der Waals surface area (Å²) < 4.78 is 5.31. The second-order valence-electron chi connectivity index (χ2n) is 5.47. The van der Waals surface area contributed by atoms with E-state index in [1.807, 2.05) is 0 Å². The summed E-state index contributed by atoms with van der Waals surface area (Å²) in [7, 11) is 0. The number of nitrogens with two attached hydrogens (primary N) is 2. The van der Waals surface area contributed by atoms with Gasteiger partial charge in [0, 0.05) is 28.8 Å². The Hall–Kier alpha value is -3.43. The van der Waals surface area contributed by atoms with Gasteiger partial charge >= 0.3 is 0 Å². The normalized spacial score (nSPS) is 9.71. The standard InChI is InChI=1S/C17H14N6O3.2ClH/c18-16(19)10-3-1-2-9(6-10)15-8-13(22-26-15)12-7-11(17(20)21)4-5-14(12)23(24)25;;/h1-8H,(H3,18,19)(H3,20,21);2*1H. The van der Waals surface area contributed by atoms with Crippen LogP contribution in [-0.4, -0.2) is 21.8 Å². The molecule has 0 aliphatic carbocycles. The fourth-order valence-electron chi connectivity index (χ4n) is 2.45. The molecule has 2 aromatic carbocycles. The van der Waals surface area contributed by atoms with Crippen molar-refractivity contribution in [2.45, 2.75) is 0 Å². The SMILES string of the molecule is Cl.Cl.N=C(N)c1cccc(-c2cc(-c3cc(C(=N)N)ccc3[N+](=O)[O-])no2)c1. The molecule has 0 spiro atoms. The van der Waals surface area contributed by atoms with Gasteiger partial charge in [-0.1, -0.05) is 23.4 Å². The predicted molar refractivity (Wildman–Crippen MR) is 111 cm³/mol. The third-order valence-corrected chi connectivity index (χ3v) is 3.75. The number of nitrogen functional groups attached to an aromatic ring is 2. The van der Waals surface area contributed by atoms with Crippen molar-refractivity contribution < 1.29 is 9.45 Å². The van der Waals surface area contributed by atoms with Crippen LogP contribution in [0.4, 0.5) is 5.69 Å². The fraction of sp³-hybridized carbons (Fsp3) is 0. The molecule has 9 nitrogen and oxygen atoms in total. The molecule has 146 valence electrons. The van der Waals surface area contributed by atoms with Crippen molar-refractivity contribution in [2.24, 2.45) is 11.5 Å². The first-order valence-electron chi connectivity index (χ1n) is 7.41. The quantitative estimate of drug-likeness (QED) is 0.212. The zero-order valence-corrected chi connectivity index (χ0v) is 15.8. The molecule has 6 N–H and O–H groups in total. The lowest BCUT2D eigenvalue weighted by atomic mass is 10.0. The maximum atomic E-state index is 11.3. The van der Waals surface area contributed by atoms with Gasteiger partial charge < -0.3 is 16.0 Å². The molecular weight excluding hydrogens is 407 g/mol. The topological polar surface area (TPSA) is 169 Å². The molecule has 0 aliphatic heterocycles. The van der Waals surface area contributed by atoms with E-state index in [0.717, 1.165) is 0 Å². The van der Waals surface area contributed by atoms with Crippen LogP contribution in [0.2, 0.25) is 0 Å². The first-order valence-corrected chi connectivity index (χ1v) is 7.41. The highest BCUT2D eigenvalue weighted by atomic mass is 35.5. The molecule has 0 atom stereocenters. The van der Waals surface area contributed by atoms with Crippen molar-refractivity contribution in [3.8, 4) is 22.6 Å². The van der Waals surface area contributed by atoms with E-state index in [1.54, 1.807) is 30.3 Å². The molecule has 3 rings (SSSR count). The van der Waals surface area contributed by atoms with Crippen molar-refractivity contribution in [2.75, 3.05) is 0 Å². The Bertz CT molecular complexity index is 1050. The van der Waals surface area contributed by atoms with Crippen LogP contribution in [0.5, 0.6) is 0 Å². The summed E-state index contributed by atoms with van der Waals surface area (Å²) >= 11 is 0. The van der Waals surface area contributed by atoms with Crippen LogP contribution in [0.1, 0.15) is 11.1 Å². The van der Waals surface area contributed by atoms with E-state index in [0.29, 0.717) is 22.5 Å². The van der Waals surface area contributed by atoms with Crippen LogP contribution < -0.4 is 11.5 Å². The average Bonchev–Trinajstić information content (AvgIpc) is 3.11. The molecule has 0 saturated heterocycles. The van der Waals surface area contributed by atoms with Gasteiger partial charge in [-0.3, -0.25) is 20.9 Å². The van der Waals surface area contributed by atoms with Gasteiger partial charge in [-0.15, -0.1) is 24.8 Å². The predicted octanol–water partition coefficient (Wildman–Crippen LogP) is 3.33. The van der Waals surface area contributed by atoms with Gasteiger partial charge in [0.15, 0.2) is 5.76 Å². The minimum Gasteiger partial charge on any atom is -0.384 e. The molecule has 0 saturated carbocycles. The number of aromatic nitrogens is 1. The zero-order chi connectivity index (χ0) is 18.8. The Morgan fingerprint density at radius 3 is 2.25 bits per heavy atom.